The van der Waals surface area contributed by atoms with E-state index in [1.807, 2.05) is 43.0 Å². The van der Waals surface area contributed by atoms with Crippen molar-refractivity contribution in [3.63, 3.8) is 0 Å². The third kappa shape index (κ3) is 3.75. The van der Waals surface area contributed by atoms with Gasteiger partial charge in [-0.1, -0.05) is 26.0 Å². The predicted molar refractivity (Wildman–Crippen MR) is 80.8 cm³/mol. The van der Waals surface area contributed by atoms with Gasteiger partial charge in [0, 0.05) is 13.1 Å². The summed E-state index contributed by atoms with van der Waals surface area (Å²) < 4.78 is 5.79. The van der Waals surface area contributed by atoms with Gasteiger partial charge in [-0.3, -0.25) is 4.79 Å². The highest BCUT2D eigenvalue weighted by molar-refractivity contribution is 5.81. The van der Waals surface area contributed by atoms with E-state index in [4.69, 9.17) is 4.74 Å². The van der Waals surface area contributed by atoms with E-state index in [-0.39, 0.29) is 5.91 Å². The van der Waals surface area contributed by atoms with Gasteiger partial charge in [-0.2, -0.15) is 0 Å². The number of carbonyl (C=O) groups excluding carboxylic acids is 1. The standard InChI is InChI=1S/C17H25NO2/c1-12-6-5-7-16(9-12)20-15(4)17(19)18-10-13(2)8-14(3)11-18/h5-7,9,13-15H,8,10-11H2,1-4H3/t13-,14-,15-/m0/s1. The molecule has 1 fully saturated rings. The number of likely N-dealkylation sites (tertiary alicyclic amines) is 1. The fraction of sp³-hybridized carbons (Fsp3) is 0.588. The maximum absolute atomic E-state index is 12.5. The van der Waals surface area contributed by atoms with Crippen LogP contribution >= 0.6 is 0 Å². The Bertz CT molecular complexity index is 462. The average Bonchev–Trinajstić information content (AvgIpc) is 2.36. The Balaban J connectivity index is 1.98. The predicted octanol–water partition coefficient (Wildman–Crippen LogP) is 3.27. The number of hydrogen-bond acceptors (Lipinski definition) is 2. The van der Waals surface area contributed by atoms with Gasteiger partial charge in [-0.25, -0.2) is 0 Å². The minimum atomic E-state index is -0.422. The van der Waals surface area contributed by atoms with Crippen molar-refractivity contribution in [1.29, 1.82) is 0 Å². The third-order valence-corrected chi connectivity index (χ3v) is 3.83. The van der Waals surface area contributed by atoms with Crippen LogP contribution in [0.4, 0.5) is 0 Å². The van der Waals surface area contributed by atoms with Crippen molar-refractivity contribution in [2.24, 2.45) is 11.8 Å². The van der Waals surface area contributed by atoms with E-state index in [0.717, 1.165) is 24.4 Å². The second-order valence-corrected chi connectivity index (χ2v) is 6.27. The molecule has 1 saturated heterocycles. The lowest BCUT2D eigenvalue weighted by Gasteiger charge is -2.36. The minimum Gasteiger partial charge on any atom is -0.481 e. The molecule has 1 aromatic carbocycles. The van der Waals surface area contributed by atoms with E-state index >= 15 is 0 Å². The molecule has 1 aliphatic rings. The molecule has 110 valence electrons. The molecule has 3 atom stereocenters. The van der Waals surface area contributed by atoms with Gasteiger partial charge in [0.2, 0.25) is 0 Å². The molecule has 1 heterocycles. The van der Waals surface area contributed by atoms with Crippen LogP contribution in [-0.2, 0) is 4.79 Å². The molecule has 0 spiro atoms. The molecule has 0 bridgehead atoms. The lowest BCUT2D eigenvalue weighted by atomic mass is 9.91. The Hall–Kier alpha value is -1.51. The van der Waals surface area contributed by atoms with Gasteiger partial charge in [0.25, 0.3) is 5.91 Å². The normalized spacial score (nSPS) is 24.3. The van der Waals surface area contributed by atoms with E-state index in [2.05, 4.69) is 13.8 Å². The van der Waals surface area contributed by atoms with Crippen molar-refractivity contribution in [2.45, 2.75) is 40.2 Å². The van der Waals surface area contributed by atoms with Gasteiger partial charge in [0.05, 0.1) is 0 Å². The van der Waals surface area contributed by atoms with Crippen molar-refractivity contribution in [3.8, 4) is 5.75 Å². The Labute approximate surface area is 121 Å². The molecule has 1 aliphatic heterocycles. The third-order valence-electron chi connectivity index (χ3n) is 3.83. The lowest BCUT2D eigenvalue weighted by Crippen LogP contribution is -2.47. The SMILES string of the molecule is Cc1cccc(O[C@@H](C)C(=O)N2C[C@@H](C)C[C@H](C)C2)c1. The number of aryl methyl sites for hydroxylation is 1. The van der Waals surface area contributed by atoms with Crippen LogP contribution in [0.3, 0.4) is 0 Å². The number of hydrogen-bond donors (Lipinski definition) is 0. The number of amides is 1. The highest BCUT2D eigenvalue weighted by Crippen LogP contribution is 2.22. The molecule has 1 amide bonds. The minimum absolute atomic E-state index is 0.102. The van der Waals surface area contributed by atoms with Crippen molar-refractivity contribution in [1.82, 2.24) is 4.90 Å². The van der Waals surface area contributed by atoms with Gasteiger partial charge < -0.3 is 9.64 Å². The summed E-state index contributed by atoms with van der Waals surface area (Å²) in [7, 11) is 0. The van der Waals surface area contributed by atoms with Gasteiger partial charge in [0.1, 0.15) is 5.75 Å². The molecule has 0 N–H and O–H groups in total. The van der Waals surface area contributed by atoms with Crippen LogP contribution in [0.5, 0.6) is 5.75 Å². The summed E-state index contributed by atoms with van der Waals surface area (Å²) in [5, 5.41) is 0. The highest BCUT2D eigenvalue weighted by atomic mass is 16.5. The Kier molecular flexibility index (Phi) is 4.69. The first-order chi connectivity index (χ1) is 9.45. The fourth-order valence-corrected chi connectivity index (χ4v) is 3.04. The second-order valence-electron chi connectivity index (χ2n) is 6.27. The van der Waals surface area contributed by atoms with E-state index in [0.29, 0.717) is 11.8 Å². The molecule has 2 rings (SSSR count). The average molecular weight is 275 g/mol. The molecule has 3 heteroatoms. The number of rotatable bonds is 3. The van der Waals surface area contributed by atoms with Crippen LogP contribution in [0, 0.1) is 18.8 Å². The molecule has 0 saturated carbocycles. The number of nitrogens with zero attached hydrogens (tertiary/aromatic N) is 1. The summed E-state index contributed by atoms with van der Waals surface area (Å²) in [6.45, 7) is 9.99. The van der Waals surface area contributed by atoms with Crippen LogP contribution in [-0.4, -0.2) is 30.0 Å². The maximum atomic E-state index is 12.5. The summed E-state index contributed by atoms with van der Waals surface area (Å²) in [4.78, 5) is 14.4. The Morgan fingerprint density at radius 3 is 2.55 bits per heavy atom. The summed E-state index contributed by atoms with van der Waals surface area (Å²) in [5.74, 6) is 2.02. The quantitative estimate of drug-likeness (QED) is 0.847. The zero-order valence-corrected chi connectivity index (χ0v) is 12.9. The van der Waals surface area contributed by atoms with Gasteiger partial charge in [-0.05, 0) is 49.8 Å². The van der Waals surface area contributed by atoms with Crippen LogP contribution in [0.25, 0.3) is 0 Å². The maximum Gasteiger partial charge on any atom is 0.263 e. The first-order valence-electron chi connectivity index (χ1n) is 7.48. The van der Waals surface area contributed by atoms with Crippen LogP contribution in [0.1, 0.15) is 32.8 Å². The van der Waals surface area contributed by atoms with Crippen molar-refractivity contribution in [3.05, 3.63) is 29.8 Å². The topological polar surface area (TPSA) is 29.5 Å². The van der Waals surface area contributed by atoms with Crippen LogP contribution in [0.2, 0.25) is 0 Å². The van der Waals surface area contributed by atoms with Crippen molar-refractivity contribution in [2.75, 3.05) is 13.1 Å². The van der Waals surface area contributed by atoms with E-state index < -0.39 is 6.10 Å². The summed E-state index contributed by atoms with van der Waals surface area (Å²) >= 11 is 0. The molecule has 0 radical (unpaired) electrons. The summed E-state index contributed by atoms with van der Waals surface area (Å²) in [5.41, 5.74) is 1.14. The number of benzene rings is 1. The number of ether oxygens (including phenoxy) is 1. The zero-order chi connectivity index (χ0) is 14.7. The molecule has 3 nitrogen and oxygen atoms in total. The monoisotopic (exact) mass is 275 g/mol. The molecule has 20 heavy (non-hydrogen) atoms. The largest absolute Gasteiger partial charge is 0.481 e. The molecule has 1 aromatic rings. The molecular formula is C17H25NO2. The Morgan fingerprint density at radius 2 is 1.95 bits per heavy atom. The molecule has 0 unspecified atom stereocenters. The number of carbonyl (C=O) groups is 1. The van der Waals surface area contributed by atoms with Crippen molar-refractivity contribution >= 4 is 5.91 Å². The second kappa shape index (κ2) is 6.29. The van der Waals surface area contributed by atoms with E-state index in [1.165, 1.54) is 6.42 Å². The number of piperidine rings is 1. The van der Waals surface area contributed by atoms with Crippen LogP contribution in [0.15, 0.2) is 24.3 Å². The summed E-state index contributed by atoms with van der Waals surface area (Å²) in [6, 6.07) is 7.84. The Morgan fingerprint density at radius 1 is 1.30 bits per heavy atom. The van der Waals surface area contributed by atoms with Gasteiger partial charge >= 0.3 is 0 Å². The first-order valence-corrected chi connectivity index (χ1v) is 7.48. The highest BCUT2D eigenvalue weighted by Gasteiger charge is 2.29. The van der Waals surface area contributed by atoms with E-state index in [1.54, 1.807) is 0 Å². The van der Waals surface area contributed by atoms with Crippen LogP contribution < -0.4 is 4.74 Å². The zero-order valence-electron chi connectivity index (χ0n) is 12.9. The summed E-state index contributed by atoms with van der Waals surface area (Å²) in [6.07, 6.45) is 0.783. The van der Waals surface area contributed by atoms with Crippen molar-refractivity contribution < 1.29 is 9.53 Å². The molecular weight excluding hydrogens is 250 g/mol. The fourth-order valence-electron chi connectivity index (χ4n) is 3.04. The molecule has 0 aliphatic carbocycles. The van der Waals surface area contributed by atoms with Gasteiger partial charge in [0.15, 0.2) is 6.10 Å². The first kappa shape index (κ1) is 14.9. The lowest BCUT2D eigenvalue weighted by molar-refractivity contribution is -0.140. The van der Waals surface area contributed by atoms with Gasteiger partial charge in [-0.15, -0.1) is 0 Å². The smallest absolute Gasteiger partial charge is 0.263 e. The van der Waals surface area contributed by atoms with E-state index in [9.17, 15) is 4.79 Å². The molecule has 0 aromatic heterocycles.